The van der Waals surface area contributed by atoms with Crippen molar-refractivity contribution < 1.29 is 0 Å². The second-order valence-corrected chi connectivity index (χ2v) is 3.00. The van der Waals surface area contributed by atoms with Crippen LogP contribution in [0, 0.1) is 0 Å². The van der Waals surface area contributed by atoms with Gasteiger partial charge in [0.25, 0.3) is 0 Å². The van der Waals surface area contributed by atoms with Gasteiger partial charge in [0, 0.05) is 6.21 Å². The number of hydrogen-bond donors (Lipinski definition) is 0. The van der Waals surface area contributed by atoms with Crippen LogP contribution in [-0.2, 0) is 6.42 Å². The maximum atomic E-state index is 4.25. The summed E-state index contributed by atoms with van der Waals surface area (Å²) in [4.78, 5) is 4.25. The van der Waals surface area contributed by atoms with Crippen molar-refractivity contribution >= 4 is 22.6 Å². The smallest absolute Gasteiger partial charge is 0.118 e. The largest absolute Gasteiger partial charge is 0.250 e. The van der Waals surface area contributed by atoms with Crippen LogP contribution < -0.4 is 0 Å². The Labute approximate surface area is 58.1 Å². The molecule has 1 nitrogen and oxygen atoms in total. The number of aryl methyl sites for hydroxylation is 1. The zero-order valence-corrected chi connectivity index (χ0v) is 5.82. The van der Waals surface area contributed by atoms with Crippen molar-refractivity contribution in [2.24, 2.45) is 4.99 Å². The normalized spacial score (nSPS) is 15.6. The van der Waals surface area contributed by atoms with Crippen LogP contribution in [-0.4, -0.2) is 6.21 Å². The maximum absolute atomic E-state index is 4.25. The fraction of sp³-hybridized carbons (Fsp3) is 0.286. The minimum Gasteiger partial charge on any atom is -0.250 e. The van der Waals surface area contributed by atoms with Gasteiger partial charge in [-0.3, -0.25) is 4.99 Å². The van der Waals surface area contributed by atoms with Crippen LogP contribution in [0.4, 0.5) is 5.00 Å². The first-order chi connectivity index (χ1) is 4.47. The summed E-state index contributed by atoms with van der Waals surface area (Å²) in [6, 6.07) is 2.16. The van der Waals surface area contributed by atoms with Gasteiger partial charge >= 0.3 is 0 Å². The third-order valence-corrected chi connectivity index (χ3v) is 2.34. The lowest BCUT2D eigenvalue weighted by atomic mass is 10.1. The molecule has 0 bridgehead atoms. The average molecular weight is 137 g/mol. The Morgan fingerprint density at radius 3 is 3.44 bits per heavy atom. The van der Waals surface area contributed by atoms with E-state index in [1.54, 1.807) is 11.3 Å². The molecule has 1 aliphatic rings. The molecule has 0 radical (unpaired) electrons. The molecule has 1 aliphatic heterocycles. The van der Waals surface area contributed by atoms with E-state index in [0.717, 1.165) is 6.42 Å². The van der Waals surface area contributed by atoms with Crippen LogP contribution >= 0.6 is 11.3 Å². The van der Waals surface area contributed by atoms with E-state index in [2.05, 4.69) is 16.4 Å². The predicted octanol–water partition coefficient (Wildman–Crippen LogP) is 2.40. The summed E-state index contributed by atoms with van der Waals surface area (Å²) in [7, 11) is 0. The molecule has 1 aromatic rings. The molecule has 0 unspecified atom stereocenters. The van der Waals surface area contributed by atoms with E-state index < -0.39 is 0 Å². The van der Waals surface area contributed by atoms with Crippen molar-refractivity contribution in [1.29, 1.82) is 0 Å². The summed E-state index contributed by atoms with van der Waals surface area (Å²) >= 11 is 1.73. The van der Waals surface area contributed by atoms with Gasteiger partial charge in [0.2, 0.25) is 0 Å². The Morgan fingerprint density at radius 1 is 1.56 bits per heavy atom. The quantitative estimate of drug-likeness (QED) is 0.520. The number of aliphatic imine (C=N–C) groups is 1. The summed E-state index contributed by atoms with van der Waals surface area (Å²) < 4.78 is 0. The van der Waals surface area contributed by atoms with Gasteiger partial charge in [-0.2, -0.15) is 0 Å². The third kappa shape index (κ3) is 0.793. The van der Waals surface area contributed by atoms with E-state index in [4.69, 9.17) is 0 Å². The summed E-state index contributed by atoms with van der Waals surface area (Å²) in [5.74, 6) is 0. The summed E-state index contributed by atoms with van der Waals surface area (Å²) in [5.41, 5.74) is 1.42. The highest BCUT2D eigenvalue weighted by atomic mass is 32.1. The van der Waals surface area contributed by atoms with Crippen LogP contribution in [0.1, 0.15) is 12.0 Å². The Bertz CT molecular complexity index is 237. The van der Waals surface area contributed by atoms with Gasteiger partial charge < -0.3 is 0 Å². The number of thiophene rings is 1. The lowest BCUT2D eigenvalue weighted by Gasteiger charge is -2.00. The molecule has 0 N–H and O–H groups in total. The van der Waals surface area contributed by atoms with Gasteiger partial charge in [-0.15, -0.1) is 11.3 Å². The van der Waals surface area contributed by atoms with E-state index in [1.165, 1.54) is 17.0 Å². The number of hydrogen-bond acceptors (Lipinski definition) is 2. The van der Waals surface area contributed by atoms with Crippen molar-refractivity contribution in [2.75, 3.05) is 0 Å². The van der Waals surface area contributed by atoms with E-state index in [1.807, 2.05) is 6.21 Å². The Kier molecular flexibility index (Phi) is 1.12. The van der Waals surface area contributed by atoms with E-state index in [9.17, 15) is 0 Å². The van der Waals surface area contributed by atoms with Crippen LogP contribution in [0.5, 0.6) is 0 Å². The predicted molar refractivity (Wildman–Crippen MR) is 40.8 cm³/mol. The van der Waals surface area contributed by atoms with Gasteiger partial charge in [-0.25, -0.2) is 0 Å². The molecule has 2 heterocycles. The topological polar surface area (TPSA) is 12.4 Å². The van der Waals surface area contributed by atoms with Gasteiger partial charge in [0.15, 0.2) is 0 Å². The minimum atomic E-state index is 1.11. The highest BCUT2D eigenvalue weighted by Gasteiger charge is 2.04. The van der Waals surface area contributed by atoms with Crippen molar-refractivity contribution in [3.63, 3.8) is 0 Å². The molecule has 0 atom stereocenters. The monoisotopic (exact) mass is 137 g/mol. The molecular formula is C7H7NS. The zero-order chi connectivity index (χ0) is 6.10. The molecule has 2 rings (SSSR count). The second-order valence-electron chi connectivity index (χ2n) is 2.10. The fourth-order valence-corrected chi connectivity index (χ4v) is 1.82. The van der Waals surface area contributed by atoms with Gasteiger partial charge in [0.1, 0.15) is 5.00 Å². The first kappa shape index (κ1) is 5.18. The Hall–Kier alpha value is -0.630. The van der Waals surface area contributed by atoms with Crippen LogP contribution in [0.2, 0.25) is 0 Å². The van der Waals surface area contributed by atoms with Gasteiger partial charge in [-0.05, 0) is 29.9 Å². The Balaban J connectivity index is 2.53. The van der Waals surface area contributed by atoms with E-state index >= 15 is 0 Å². The maximum Gasteiger partial charge on any atom is 0.118 e. The van der Waals surface area contributed by atoms with Crippen LogP contribution in [0.25, 0.3) is 0 Å². The minimum absolute atomic E-state index is 1.11. The lowest BCUT2D eigenvalue weighted by Crippen LogP contribution is -1.88. The standard InChI is InChI=1S/C7H7NS/c1-2-6-3-5-9-7(6)8-4-1/h3-5H,1-2H2. The number of nitrogens with zero attached hydrogens (tertiary/aromatic N) is 1. The SMILES string of the molecule is C1=Nc2sccc2CC1. The molecule has 0 amide bonds. The molecule has 0 aromatic carbocycles. The first-order valence-corrected chi connectivity index (χ1v) is 3.94. The molecule has 2 heteroatoms. The number of fused-ring (bicyclic) bond motifs is 1. The molecule has 9 heavy (non-hydrogen) atoms. The molecule has 0 saturated carbocycles. The molecule has 0 saturated heterocycles. The molecule has 0 spiro atoms. The second kappa shape index (κ2) is 1.95. The highest BCUT2D eigenvalue weighted by Crippen LogP contribution is 2.29. The lowest BCUT2D eigenvalue weighted by molar-refractivity contribution is 1.04. The van der Waals surface area contributed by atoms with E-state index in [0.29, 0.717) is 0 Å². The molecular weight excluding hydrogens is 130 g/mol. The van der Waals surface area contributed by atoms with Crippen LogP contribution in [0.15, 0.2) is 16.4 Å². The molecule has 0 fully saturated rings. The molecule has 1 aromatic heterocycles. The molecule has 46 valence electrons. The van der Waals surface area contributed by atoms with Gasteiger partial charge in [0.05, 0.1) is 0 Å². The van der Waals surface area contributed by atoms with Crippen molar-refractivity contribution in [3.8, 4) is 0 Å². The average Bonchev–Trinajstić information content (AvgIpc) is 2.33. The van der Waals surface area contributed by atoms with Crippen molar-refractivity contribution in [2.45, 2.75) is 12.8 Å². The summed E-state index contributed by atoms with van der Waals surface area (Å²) in [5, 5.41) is 3.31. The highest BCUT2D eigenvalue weighted by molar-refractivity contribution is 7.14. The Morgan fingerprint density at radius 2 is 2.56 bits per heavy atom. The third-order valence-electron chi connectivity index (χ3n) is 1.47. The van der Waals surface area contributed by atoms with Crippen molar-refractivity contribution in [3.05, 3.63) is 17.0 Å². The first-order valence-electron chi connectivity index (χ1n) is 3.06. The van der Waals surface area contributed by atoms with Crippen LogP contribution in [0.3, 0.4) is 0 Å². The van der Waals surface area contributed by atoms with E-state index in [-0.39, 0.29) is 0 Å². The van der Waals surface area contributed by atoms with Gasteiger partial charge in [-0.1, -0.05) is 0 Å². The fourth-order valence-electron chi connectivity index (χ4n) is 0.999. The summed E-state index contributed by atoms with van der Waals surface area (Å²) in [6.45, 7) is 0. The van der Waals surface area contributed by atoms with Crippen molar-refractivity contribution in [1.82, 2.24) is 0 Å². The number of rotatable bonds is 0. The zero-order valence-electron chi connectivity index (χ0n) is 5.00. The summed E-state index contributed by atoms with van der Waals surface area (Å²) in [6.07, 6.45) is 4.30. The molecule has 0 aliphatic carbocycles.